The van der Waals surface area contributed by atoms with Crippen LogP contribution in [0.4, 0.5) is 4.39 Å². The molecule has 5 heteroatoms. The van der Waals surface area contributed by atoms with E-state index in [1.807, 2.05) is 13.0 Å². The highest BCUT2D eigenvalue weighted by Crippen LogP contribution is 2.53. The highest BCUT2D eigenvalue weighted by Gasteiger charge is 2.59. The molecular weight excluding hydrogens is 301 g/mol. The average molecular weight is 315 g/mol. The Kier molecular flexibility index (Phi) is 3.50. The molecule has 1 fully saturated rings. The van der Waals surface area contributed by atoms with Gasteiger partial charge in [-0.3, -0.25) is 0 Å². The third kappa shape index (κ3) is 2.40. The summed E-state index contributed by atoms with van der Waals surface area (Å²) < 4.78 is 38.7. The number of benzene rings is 2. The van der Waals surface area contributed by atoms with Crippen molar-refractivity contribution in [1.82, 2.24) is 0 Å². The van der Waals surface area contributed by atoms with Crippen LogP contribution in [0.1, 0.15) is 17.0 Å². The standard InChI is InChI=1S/C17H14FNO2S/c1-11-5-7-14(8-6-11)22(20,21)17-15(10-19)16(17)12-3-2-4-13(18)9-12/h2-9,15-17H,1H3. The zero-order chi connectivity index (χ0) is 15.9. The number of hydrogen-bond acceptors (Lipinski definition) is 3. The largest absolute Gasteiger partial charge is 0.223 e. The Labute approximate surface area is 128 Å². The van der Waals surface area contributed by atoms with E-state index in [0.29, 0.717) is 5.56 Å². The van der Waals surface area contributed by atoms with Crippen LogP contribution in [-0.2, 0) is 9.84 Å². The van der Waals surface area contributed by atoms with E-state index in [0.717, 1.165) is 5.56 Å². The fraction of sp³-hybridized carbons (Fsp3) is 0.235. The van der Waals surface area contributed by atoms with Crippen LogP contribution in [0, 0.1) is 30.0 Å². The van der Waals surface area contributed by atoms with Gasteiger partial charge in [-0.25, -0.2) is 12.8 Å². The molecule has 0 aliphatic heterocycles. The number of halogens is 1. The van der Waals surface area contributed by atoms with Crippen LogP contribution in [0.2, 0.25) is 0 Å². The smallest absolute Gasteiger partial charge is 0.183 e. The summed E-state index contributed by atoms with van der Waals surface area (Å²) in [4.78, 5) is 0.210. The molecule has 3 nitrogen and oxygen atoms in total. The van der Waals surface area contributed by atoms with Crippen molar-refractivity contribution in [2.24, 2.45) is 5.92 Å². The van der Waals surface area contributed by atoms with E-state index in [4.69, 9.17) is 0 Å². The number of nitriles is 1. The molecule has 1 aliphatic rings. The molecule has 1 aliphatic carbocycles. The maximum Gasteiger partial charge on any atom is 0.183 e. The predicted molar refractivity (Wildman–Crippen MR) is 80.4 cm³/mol. The Morgan fingerprint density at radius 1 is 1.14 bits per heavy atom. The zero-order valence-corrected chi connectivity index (χ0v) is 12.7. The van der Waals surface area contributed by atoms with E-state index >= 15 is 0 Å². The summed E-state index contributed by atoms with van der Waals surface area (Å²) >= 11 is 0. The van der Waals surface area contributed by atoms with Gasteiger partial charge in [0.15, 0.2) is 9.84 Å². The maximum absolute atomic E-state index is 13.3. The zero-order valence-electron chi connectivity index (χ0n) is 11.9. The van der Waals surface area contributed by atoms with Gasteiger partial charge in [0, 0.05) is 5.92 Å². The first kappa shape index (κ1) is 14.7. The average Bonchev–Trinajstić information content (AvgIpc) is 3.23. The van der Waals surface area contributed by atoms with Crippen molar-refractivity contribution < 1.29 is 12.8 Å². The third-order valence-electron chi connectivity index (χ3n) is 4.04. The fourth-order valence-corrected chi connectivity index (χ4v) is 4.89. The van der Waals surface area contributed by atoms with Gasteiger partial charge < -0.3 is 0 Å². The molecule has 0 heterocycles. The molecule has 1 saturated carbocycles. The number of aryl methyl sites for hydroxylation is 1. The predicted octanol–water partition coefficient (Wildman–Crippen LogP) is 3.21. The topological polar surface area (TPSA) is 57.9 Å². The quantitative estimate of drug-likeness (QED) is 0.874. The van der Waals surface area contributed by atoms with E-state index in [1.165, 1.54) is 18.2 Å². The van der Waals surface area contributed by atoms with Crippen LogP contribution < -0.4 is 0 Å². The van der Waals surface area contributed by atoms with E-state index < -0.39 is 32.7 Å². The van der Waals surface area contributed by atoms with Gasteiger partial charge in [0.1, 0.15) is 5.82 Å². The third-order valence-corrected chi connectivity index (χ3v) is 6.28. The van der Waals surface area contributed by atoms with Crippen molar-refractivity contribution in [2.45, 2.75) is 23.0 Å². The van der Waals surface area contributed by atoms with Gasteiger partial charge in [0.05, 0.1) is 22.1 Å². The first-order chi connectivity index (χ1) is 10.4. The second-order valence-electron chi connectivity index (χ2n) is 5.56. The van der Waals surface area contributed by atoms with Crippen molar-refractivity contribution in [1.29, 1.82) is 5.26 Å². The highest BCUT2D eigenvalue weighted by molar-refractivity contribution is 7.92. The molecule has 0 saturated heterocycles. The van der Waals surface area contributed by atoms with Crippen molar-refractivity contribution in [3.63, 3.8) is 0 Å². The van der Waals surface area contributed by atoms with Crippen molar-refractivity contribution in [3.8, 4) is 6.07 Å². The Morgan fingerprint density at radius 2 is 1.82 bits per heavy atom. The van der Waals surface area contributed by atoms with Gasteiger partial charge in [0.25, 0.3) is 0 Å². The first-order valence-electron chi connectivity index (χ1n) is 6.91. The fourth-order valence-electron chi connectivity index (χ4n) is 2.82. The van der Waals surface area contributed by atoms with Gasteiger partial charge in [-0.2, -0.15) is 5.26 Å². The Bertz CT molecular complexity index is 853. The van der Waals surface area contributed by atoms with Gasteiger partial charge in [-0.05, 0) is 36.8 Å². The molecule has 0 amide bonds. The normalized spacial score (nSPS) is 23.8. The lowest BCUT2D eigenvalue weighted by atomic mass is 10.1. The summed E-state index contributed by atoms with van der Waals surface area (Å²) in [5, 5.41) is 8.42. The van der Waals surface area contributed by atoms with E-state index in [9.17, 15) is 18.1 Å². The van der Waals surface area contributed by atoms with Gasteiger partial charge in [-0.1, -0.05) is 29.8 Å². The number of sulfone groups is 1. The van der Waals surface area contributed by atoms with E-state index in [-0.39, 0.29) is 4.90 Å². The molecule has 0 spiro atoms. The molecule has 0 aromatic heterocycles. The number of rotatable bonds is 3. The molecule has 112 valence electrons. The molecule has 3 rings (SSSR count). The van der Waals surface area contributed by atoms with Crippen molar-refractivity contribution in [3.05, 3.63) is 65.5 Å². The highest BCUT2D eigenvalue weighted by atomic mass is 32.2. The SMILES string of the molecule is Cc1ccc(S(=O)(=O)C2C(C#N)C2c2cccc(F)c2)cc1. The second kappa shape index (κ2) is 5.22. The second-order valence-corrected chi connectivity index (χ2v) is 7.66. The summed E-state index contributed by atoms with van der Waals surface area (Å²) in [5.74, 6) is -1.52. The van der Waals surface area contributed by atoms with Crippen molar-refractivity contribution >= 4 is 9.84 Å². The first-order valence-corrected chi connectivity index (χ1v) is 8.45. The molecule has 0 N–H and O–H groups in total. The minimum absolute atomic E-state index is 0.210. The van der Waals surface area contributed by atoms with Crippen LogP contribution >= 0.6 is 0 Å². The minimum atomic E-state index is -3.60. The van der Waals surface area contributed by atoms with Crippen LogP contribution in [0.25, 0.3) is 0 Å². The van der Waals surface area contributed by atoms with Gasteiger partial charge in [-0.15, -0.1) is 0 Å². The van der Waals surface area contributed by atoms with Crippen LogP contribution in [0.5, 0.6) is 0 Å². The van der Waals surface area contributed by atoms with E-state index in [2.05, 4.69) is 0 Å². The minimum Gasteiger partial charge on any atom is -0.223 e. The molecule has 2 aromatic carbocycles. The van der Waals surface area contributed by atoms with Crippen LogP contribution in [0.15, 0.2) is 53.4 Å². The molecule has 2 aromatic rings. The molecular formula is C17H14FNO2S. The summed E-state index contributed by atoms with van der Waals surface area (Å²) in [6, 6.07) is 14.4. The summed E-state index contributed by atoms with van der Waals surface area (Å²) in [5.41, 5.74) is 1.53. The summed E-state index contributed by atoms with van der Waals surface area (Å²) in [7, 11) is -3.60. The van der Waals surface area contributed by atoms with Crippen LogP contribution in [0.3, 0.4) is 0 Å². The lowest BCUT2D eigenvalue weighted by molar-refractivity contribution is 0.593. The maximum atomic E-state index is 13.3. The Morgan fingerprint density at radius 3 is 2.41 bits per heavy atom. The lowest BCUT2D eigenvalue weighted by Gasteiger charge is -2.04. The molecule has 0 bridgehead atoms. The van der Waals surface area contributed by atoms with Gasteiger partial charge in [0.2, 0.25) is 0 Å². The summed E-state index contributed by atoms with van der Waals surface area (Å²) in [6.45, 7) is 1.88. The summed E-state index contributed by atoms with van der Waals surface area (Å²) in [6.07, 6.45) is 0. The monoisotopic (exact) mass is 315 g/mol. The Balaban J connectivity index is 1.98. The number of hydrogen-bond donors (Lipinski definition) is 0. The Hall–Kier alpha value is -2.19. The number of nitrogens with zero attached hydrogens (tertiary/aromatic N) is 1. The molecule has 22 heavy (non-hydrogen) atoms. The molecule has 3 atom stereocenters. The van der Waals surface area contributed by atoms with Crippen LogP contribution in [-0.4, -0.2) is 13.7 Å². The van der Waals surface area contributed by atoms with Crippen molar-refractivity contribution in [2.75, 3.05) is 0 Å². The van der Waals surface area contributed by atoms with E-state index in [1.54, 1.807) is 30.3 Å². The molecule has 0 radical (unpaired) electrons. The molecule has 3 unspecified atom stereocenters. The van der Waals surface area contributed by atoms with Gasteiger partial charge >= 0.3 is 0 Å². The lowest BCUT2D eigenvalue weighted by Crippen LogP contribution is -2.10.